The summed E-state index contributed by atoms with van der Waals surface area (Å²) in [5, 5.41) is 19.8. The van der Waals surface area contributed by atoms with Gasteiger partial charge in [0.05, 0.1) is 6.57 Å². The fourth-order valence-electron chi connectivity index (χ4n) is 3.59. The maximum atomic E-state index is 13.0. The summed E-state index contributed by atoms with van der Waals surface area (Å²) in [4.78, 5) is 42.9. The number of nitrogens with zero attached hydrogens (tertiary/aromatic N) is 4. The van der Waals surface area contributed by atoms with E-state index in [-0.39, 0.29) is 46.9 Å². The minimum absolute atomic E-state index is 0.00549. The average molecular weight is 449 g/mol. The summed E-state index contributed by atoms with van der Waals surface area (Å²) in [6.45, 7) is 14.9. The van der Waals surface area contributed by atoms with E-state index in [1.807, 2.05) is 19.9 Å². The molecular weight excluding hydrogens is 420 g/mol. The number of unbranched alkanes of at least 4 members (excludes halogenated alkanes) is 2. The van der Waals surface area contributed by atoms with Crippen LogP contribution < -0.4 is 5.56 Å². The highest BCUT2D eigenvalue weighted by Crippen LogP contribution is 2.31. The SMILES string of the molecule is [C-]#[N+]c1c(C)c(/C=C/C=C2\C(=O)N(CCCC)C(=O)C(C#N)=C2C)c(=O)n(CCCC)c1O. The number of carbonyl (C=O) groups excluding carboxylic acids is 2. The first kappa shape index (κ1) is 25.4. The molecule has 0 atom stereocenters. The number of aromatic nitrogens is 1. The van der Waals surface area contributed by atoms with Gasteiger partial charge in [0.15, 0.2) is 5.88 Å². The number of hydrogen-bond acceptors (Lipinski definition) is 5. The highest BCUT2D eigenvalue weighted by atomic mass is 16.3. The lowest BCUT2D eigenvalue weighted by Crippen LogP contribution is -2.43. The van der Waals surface area contributed by atoms with Crippen LogP contribution in [0.2, 0.25) is 0 Å². The molecule has 0 fully saturated rings. The normalized spacial score (nSPS) is 15.5. The van der Waals surface area contributed by atoms with Gasteiger partial charge < -0.3 is 5.11 Å². The number of hydrogen-bond donors (Lipinski definition) is 1. The van der Waals surface area contributed by atoms with Gasteiger partial charge in [0.1, 0.15) is 11.6 Å². The summed E-state index contributed by atoms with van der Waals surface area (Å²) in [5.74, 6) is -1.43. The highest BCUT2D eigenvalue weighted by Gasteiger charge is 2.34. The number of allylic oxidation sites excluding steroid dienone is 2. The van der Waals surface area contributed by atoms with E-state index < -0.39 is 17.4 Å². The number of imide groups is 1. The Bertz CT molecular complexity index is 1200. The molecule has 0 aromatic carbocycles. The van der Waals surface area contributed by atoms with E-state index in [1.165, 1.54) is 22.8 Å². The first-order valence-corrected chi connectivity index (χ1v) is 10.9. The van der Waals surface area contributed by atoms with Crippen LogP contribution in [0.3, 0.4) is 0 Å². The van der Waals surface area contributed by atoms with Crippen LogP contribution in [0.5, 0.6) is 5.88 Å². The van der Waals surface area contributed by atoms with Gasteiger partial charge in [0.25, 0.3) is 17.4 Å². The largest absolute Gasteiger partial charge is 0.503 e. The molecule has 33 heavy (non-hydrogen) atoms. The van der Waals surface area contributed by atoms with Crippen LogP contribution in [0.1, 0.15) is 57.6 Å². The Morgan fingerprint density at radius 3 is 2.30 bits per heavy atom. The summed E-state index contributed by atoms with van der Waals surface area (Å²) in [7, 11) is 0. The smallest absolute Gasteiger partial charge is 0.271 e. The topological polar surface area (TPSA) is 108 Å². The molecule has 1 aliphatic heterocycles. The van der Waals surface area contributed by atoms with Gasteiger partial charge in [0.2, 0.25) is 5.69 Å². The molecule has 0 radical (unpaired) electrons. The first-order chi connectivity index (χ1) is 15.7. The summed E-state index contributed by atoms with van der Waals surface area (Å²) >= 11 is 0. The molecule has 0 saturated heterocycles. The zero-order valence-electron chi connectivity index (χ0n) is 19.4. The Morgan fingerprint density at radius 1 is 1.09 bits per heavy atom. The molecule has 8 heteroatoms. The zero-order valence-corrected chi connectivity index (χ0v) is 19.4. The molecule has 0 bridgehead atoms. The monoisotopic (exact) mass is 448 g/mol. The molecule has 0 saturated carbocycles. The van der Waals surface area contributed by atoms with Gasteiger partial charge >= 0.3 is 0 Å². The third-order valence-corrected chi connectivity index (χ3v) is 5.64. The van der Waals surface area contributed by atoms with Gasteiger partial charge in [-0.15, -0.1) is 0 Å². The van der Waals surface area contributed by atoms with Crippen LogP contribution in [0.25, 0.3) is 10.9 Å². The van der Waals surface area contributed by atoms with E-state index in [4.69, 9.17) is 6.57 Å². The van der Waals surface area contributed by atoms with Crippen molar-refractivity contribution in [3.63, 3.8) is 0 Å². The number of nitriles is 1. The molecule has 1 aromatic heterocycles. The maximum absolute atomic E-state index is 13.0. The van der Waals surface area contributed by atoms with E-state index in [1.54, 1.807) is 13.8 Å². The van der Waals surface area contributed by atoms with Crippen molar-refractivity contribution in [1.82, 2.24) is 9.47 Å². The second-order valence-corrected chi connectivity index (χ2v) is 7.80. The number of pyridine rings is 1. The van der Waals surface area contributed by atoms with E-state index in [0.29, 0.717) is 18.4 Å². The molecule has 8 nitrogen and oxygen atoms in total. The Hall–Kier alpha value is -3.91. The predicted molar refractivity (Wildman–Crippen MR) is 125 cm³/mol. The lowest BCUT2D eigenvalue weighted by atomic mass is 9.94. The third-order valence-electron chi connectivity index (χ3n) is 5.64. The summed E-state index contributed by atoms with van der Waals surface area (Å²) in [5.41, 5.74) is 0.557. The minimum atomic E-state index is -0.593. The Labute approximate surface area is 193 Å². The average Bonchev–Trinajstić information content (AvgIpc) is 2.78. The molecule has 0 unspecified atom stereocenters. The molecule has 1 aliphatic rings. The predicted octanol–water partition coefficient (Wildman–Crippen LogP) is 4.16. The Balaban J connectivity index is 2.58. The second kappa shape index (κ2) is 11.1. The minimum Gasteiger partial charge on any atom is -0.503 e. The Morgan fingerprint density at radius 2 is 1.73 bits per heavy atom. The van der Waals surface area contributed by atoms with Crippen molar-refractivity contribution in [2.75, 3.05) is 6.54 Å². The number of carbonyl (C=O) groups is 2. The molecule has 0 spiro atoms. The summed E-state index contributed by atoms with van der Waals surface area (Å²) in [6.07, 6.45) is 7.35. The molecule has 172 valence electrons. The van der Waals surface area contributed by atoms with Crippen LogP contribution in [0.4, 0.5) is 5.69 Å². The van der Waals surface area contributed by atoms with Crippen molar-refractivity contribution in [3.8, 4) is 11.9 Å². The number of rotatable bonds is 8. The van der Waals surface area contributed by atoms with Crippen molar-refractivity contribution in [1.29, 1.82) is 5.26 Å². The van der Waals surface area contributed by atoms with E-state index in [9.17, 15) is 24.8 Å². The van der Waals surface area contributed by atoms with E-state index in [2.05, 4.69) is 4.85 Å². The third kappa shape index (κ3) is 4.96. The lowest BCUT2D eigenvalue weighted by molar-refractivity contribution is -0.140. The van der Waals surface area contributed by atoms with Crippen molar-refractivity contribution >= 4 is 23.6 Å². The van der Waals surface area contributed by atoms with Crippen molar-refractivity contribution in [2.24, 2.45) is 0 Å². The van der Waals surface area contributed by atoms with Gasteiger partial charge in [-0.3, -0.25) is 23.9 Å². The number of amides is 2. The van der Waals surface area contributed by atoms with Gasteiger partial charge in [-0.05, 0) is 43.9 Å². The fraction of sp³-hybridized carbons (Fsp3) is 0.400. The molecule has 2 rings (SSSR count). The van der Waals surface area contributed by atoms with Crippen molar-refractivity contribution < 1.29 is 14.7 Å². The second-order valence-electron chi connectivity index (χ2n) is 7.80. The molecule has 2 amide bonds. The summed E-state index contributed by atoms with van der Waals surface area (Å²) < 4.78 is 1.19. The molecule has 1 aromatic rings. The standard InChI is InChI=1S/C25H28N4O4/c1-6-8-13-28-22(30)18(16(3)20(15-26)24(28)32)11-10-12-19-17(4)21(27-5)25(33)29(23(19)31)14-9-7-2/h10-12,33H,6-9,13-14H2,1-4H3/b12-10+,18-11-. The van der Waals surface area contributed by atoms with Crippen LogP contribution >= 0.6 is 0 Å². The molecule has 2 heterocycles. The zero-order chi connectivity index (χ0) is 24.7. The van der Waals surface area contributed by atoms with Crippen LogP contribution in [0, 0.1) is 24.8 Å². The van der Waals surface area contributed by atoms with Gasteiger partial charge in [-0.1, -0.05) is 38.8 Å². The highest BCUT2D eigenvalue weighted by molar-refractivity contribution is 6.18. The quantitative estimate of drug-likeness (QED) is 0.365. The lowest BCUT2D eigenvalue weighted by Gasteiger charge is -2.27. The van der Waals surface area contributed by atoms with E-state index >= 15 is 0 Å². The van der Waals surface area contributed by atoms with Crippen LogP contribution in [-0.2, 0) is 16.1 Å². The molecule has 1 N–H and O–H groups in total. The maximum Gasteiger partial charge on any atom is 0.271 e. The first-order valence-electron chi connectivity index (χ1n) is 10.9. The van der Waals surface area contributed by atoms with Gasteiger partial charge in [-0.2, -0.15) is 5.26 Å². The van der Waals surface area contributed by atoms with Crippen molar-refractivity contribution in [2.45, 2.75) is 59.9 Å². The fourth-order valence-corrected chi connectivity index (χ4v) is 3.59. The van der Waals surface area contributed by atoms with Gasteiger partial charge in [-0.25, -0.2) is 4.85 Å². The van der Waals surface area contributed by atoms with Gasteiger partial charge in [0, 0.05) is 24.2 Å². The molecule has 0 aliphatic carbocycles. The van der Waals surface area contributed by atoms with Crippen molar-refractivity contribution in [3.05, 3.63) is 61.8 Å². The van der Waals surface area contributed by atoms with Crippen LogP contribution in [-0.4, -0.2) is 32.9 Å². The molecular formula is C25H28N4O4. The summed E-state index contributed by atoms with van der Waals surface area (Å²) in [6, 6.07) is 1.89. The van der Waals surface area contributed by atoms with Crippen LogP contribution in [0.15, 0.2) is 33.7 Å². The Kier molecular flexibility index (Phi) is 8.53. The number of aromatic hydroxyl groups is 1. The van der Waals surface area contributed by atoms with E-state index in [0.717, 1.165) is 17.7 Å².